The summed E-state index contributed by atoms with van der Waals surface area (Å²) in [6, 6.07) is 3.76. The lowest BCUT2D eigenvalue weighted by molar-refractivity contribution is -0.121. The highest BCUT2D eigenvalue weighted by atomic mass is 35.5. The summed E-state index contributed by atoms with van der Waals surface area (Å²) in [4.78, 5) is 11.9. The van der Waals surface area contributed by atoms with E-state index in [0.717, 1.165) is 40.7 Å². The lowest BCUT2D eigenvalue weighted by Crippen LogP contribution is -2.26. The Kier molecular flexibility index (Phi) is 3.77. The molecule has 3 aromatic rings. The van der Waals surface area contributed by atoms with Gasteiger partial charge in [-0.1, -0.05) is 36.2 Å². The Bertz CT molecular complexity index is 930. The molecule has 1 aliphatic heterocycles. The molecular weight excluding hydrogens is 347 g/mol. The summed E-state index contributed by atoms with van der Waals surface area (Å²) >= 11 is 12.7. The van der Waals surface area contributed by atoms with Crippen molar-refractivity contribution in [1.82, 2.24) is 20.1 Å². The van der Waals surface area contributed by atoms with E-state index in [1.54, 1.807) is 6.20 Å². The highest BCUT2D eigenvalue weighted by Gasteiger charge is 2.32. The molecule has 0 saturated heterocycles. The molecule has 0 saturated carbocycles. The predicted molar refractivity (Wildman–Crippen MR) is 95.3 cm³/mol. The van der Waals surface area contributed by atoms with Crippen LogP contribution in [-0.4, -0.2) is 20.7 Å². The van der Waals surface area contributed by atoms with Crippen LogP contribution in [0.25, 0.3) is 22.0 Å². The van der Waals surface area contributed by atoms with Crippen LogP contribution in [0.1, 0.15) is 31.5 Å². The molecule has 2 N–H and O–H groups in total. The Morgan fingerprint density at radius 3 is 3.00 bits per heavy atom. The van der Waals surface area contributed by atoms with Crippen molar-refractivity contribution in [2.75, 3.05) is 0 Å². The molecule has 1 aromatic carbocycles. The number of hydrogen-bond acceptors (Lipinski definition) is 2. The number of nitrogens with one attached hydrogen (secondary N) is 2. The molecule has 124 valence electrons. The van der Waals surface area contributed by atoms with E-state index < -0.39 is 0 Å². The van der Waals surface area contributed by atoms with Crippen LogP contribution in [0.4, 0.5) is 0 Å². The number of aromatic nitrogens is 3. The van der Waals surface area contributed by atoms with Crippen LogP contribution in [0.5, 0.6) is 0 Å². The number of carbonyl (C=O) groups excluding carboxylic acids is 1. The van der Waals surface area contributed by atoms with Crippen molar-refractivity contribution < 1.29 is 4.79 Å². The third-order valence-electron chi connectivity index (χ3n) is 4.57. The zero-order valence-electron chi connectivity index (χ0n) is 13.1. The van der Waals surface area contributed by atoms with Gasteiger partial charge < -0.3 is 9.88 Å². The van der Waals surface area contributed by atoms with Crippen molar-refractivity contribution >= 4 is 40.0 Å². The molecule has 3 heterocycles. The Labute approximate surface area is 148 Å². The average molecular weight is 363 g/mol. The van der Waals surface area contributed by atoms with E-state index >= 15 is 0 Å². The zero-order chi connectivity index (χ0) is 16.8. The summed E-state index contributed by atoms with van der Waals surface area (Å²) < 4.78 is 2.17. The van der Waals surface area contributed by atoms with Crippen LogP contribution >= 0.6 is 23.2 Å². The third-order valence-corrected chi connectivity index (χ3v) is 5.36. The number of hydrogen-bond donors (Lipinski definition) is 2. The summed E-state index contributed by atoms with van der Waals surface area (Å²) in [7, 11) is 0. The quantitative estimate of drug-likeness (QED) is 0.728. The first-order valence-corrected chi connectivity index (χ1v) is 8.66. The zero-order valence-corrected chi connectivity index (χ0v) is 14.6. The molecule has 0 radical (unpaired) electrons. The smallest absolute Gasteiger partial charge is 0.220 e. The maximum Gasteiger partial charge on any atom is 0.220 e. The first kappa shape index (κ1) is 15.5. The van der Waals surface area contributed by atoms with Gasteiger partial charge in [0, 0.05) is 41.4 Å². The molecule has 7 heteroatoms. The van der Waals surface area contributed by atoms with Gasteiger partial charge in [0.2, 0.25) is 5.91 Å². The summed E-state index contributed by atoms with van der Waals surface area (Å²) in [6.07, 6.45) is 4.94. The fraction of sp³-hybridized carbons (Fsp3) is 0.294. The fourth-order valence-electron chi connectivity index (χ4n) is 3.52. The minimum absolute atomic E-state index is 0.0374. The Balaban J connectivity index is 2.00. The first-order valence-electron chi connectivity index (χ1n) is 7.90. The number of halogens is 2. The molecule has 4 rings (SSSR count). The van der Waals surface area contributed by atoms with Gasteiger partial charge in [-0.3, -0.25) is 9.89 Å². The van der Waals surface area contributed by atoms with Gasteiger partial charge in [0.15, 0.2) is 0 Å². The van der Waals surface area contributed by atoms with E-state index in [9.17, 15) is 4.79 Å². The van der Waals surface area contributed by atoms with Crippen LogP contribution in [0.2, 0.25) is 10.0 Å². The fourth-order valence-corrected chi connectivity index (χ4v) is 3.94. The highest BCUT2D eigenvalue weighted by molar-refractivity contribution is 6.45. The van der Waals surface area contributed by atoms with E-state index in [0.29, 0.717) is 16.5 Å². The Morgan fingerprint density at radius 1 is 1.46 bits per heavy atom. The lowest BCUT2D eigenvalue weighted by Gasteiger charge is -2.13. The molecule has 1 atom stereocenters. The van der Waals surface area contributed by atoms with Crippen LogP contribution in [0.15, 0.2) is 24.5 Å². The van der Waals surface area contributed by atoms with Gasteiger partial charge in [0.05, 0.1) is 27.8 Å². The number of amides is 1. The van der Waals surface area contributed by atoms with Crippen molar-refractivity contribution in [2.45, 2.75) is 32.4 Å². The number of benzene rings is 1. The first-order chi connectivity index (χ1) is 11.6. The van der Waals surface area contributed by atoms with Gasteiger partial charge in [0.1, 0.15) is 0 Å². The van der Waals surface area contributed by atoms with E-state index in [4.69, 9.17) is 23.2 Å². The van der Waals surface area contributed by atoms with Crippen molar-refractivity contribution in [2.24, 2.45) is 0 Å². The standard InChI is InChI=1S/C17H16Cl2N4O/c1-2-13(24)22-12-5-6-23-16-10(3-4-11(18)15(16)19)14(17(12)23)9-7-20-21-8-9/h3-4,7-8,12H,2,5-6H2,1H3,(H,20,21)(H,22,24). The summed E-state index contributed by atoms with van der Waals surface area (Å²) in [5, 5.41) is 12.2. The average Bonchev–Trinajstić information content (AvgIpc) is 3.27. The van der Waals surface area contributed by atoms with Crippen LogP contribution in [0, 0.1) is 0 Å². The molecule has 24 heavy (non-hydrogen) atoms. The topological polar surface area (TPSA) is 62.7 Å². The molecule has 1 unspecified atom stereocenters. The van der Waals surface area contributed by atoms with E-state index in [1.807, 2.05) is 25.3 Å². The second-order valence-electron chi connectivity index (χ2n) is 5.92. The lowest BCUT2D eigenvalue weighted by atomic mass is 10.0. The molecule has 1 aliphatic rings. The molecule has 0 spiro atoms. The molecular formula is C17H16Cl2N4O. The minimum atomic E-state index is -0.0374. The van der Waals surface area contributed by atoms with Crippen LogP contribution in [-0.2, 0) is 11.3 Å². The third kappa shape index (κ3) is 2.23. The van der Waals surface area contributed by atoms with Gasteiger partial charge in [-0.15, -0.1) is 0 Å². The summed E-state index contributed by atoms with van der Waals surface area (Å²) in [5.74, 6) is 0.0426. The second-order valence-corrected chi connectivity index (χ2v) is 6.70. The molecule has 1 amide bonds. The van der Waals surface area contributed by atoms with Crippen molar-refractivity contribution in [3.05, 3.63) is 40.3 Å². The van der Waals surface area contributed by atoms with Crippen molar-refractivity contribution in [3.63, 3.8) is 0 Å². The number of aryl methyl sites for hydroxylation is 1. The number of nitrogens with zero attached hydrogens (tertiary/aromatic N) is 2. The number of carbonyl (C=O) groups is 1. The highest BCUT2D eigenvalue weighted by Crippen LogP contribution is 2.46. The molecule has 0 bridgehead atoms. The van der Waals surface area contributed by atoms with Crippen molar-refractivity contribution in [1.29, 1.82) is 0 Å². The predicted octanol–water partition coefficient (Wildman–Crippen LogP) is 4.31. The monoisotopic (exact) mass is 362 g/mol. The summed E-state index contributed by atoms with van der Waals surface area (Å²) in [5.41, 5.74) is 4.02. The maximum atomic E-state index is 11.9. The van der Waals surface area contributed by atoms with Gasteiger partial charge in [-0.25, -0.2) is 0 Å². The van der Waals surface area contributed by atoms with E-state index in [-0.39, 0.29) is 11.9 Å². The van der Waals surface area contributed by atoms with Gasteiger partial charge in [-0.2, -0.15) is 5.10 Å². The van der Waals surface area contributed by atoms with E-state index in [1.165, 1.54) is 0 Å². The number of aromatic amines is 1. The van der Waals surface area contributed by atoms with E-state index in [2.05, 4.69) is 20.1 Å². The van der Waals surface area contributed by atoms with Gasteiger partial charge in [0.25, 0.3) is 0 Å². The normalized spacial score (nSPS) is 16.5. The largest absolute Gasteiger partial charge is 0.348 e. The SMILES string of the molecule is CCC(=O)NC1CCn2c1c(-c1cn[nH]c1)c1ccc(Cl)c(Cl)c12. The minimum Gasteiger partial charge on any atom is -0.348 e. The number of H-pyrrole nitrogens is 1. The molecule has 0 aliphatic carbocycles. The Hall–Kier alpha value is -1.98. The van der Waals surface area contributed by atoms with Crippen molar-refractivity contribution in [3.8, 4) is 11.1 Å². The molecule has 0 fully saturated rings. The van der Waals surface area contributed by atoms with Crippen LogP contribution in [0.3, 0.4) is 0 Å². The number of fused-ring (bicyclic) bond motifs is 3. The van der Waals surface area contributed by atoms with Crippen LogP contribution < -0.4 is 5.32 Å². The maximum absolute atomic E-state index is 11.9. The number of rotatable bonds is 3. The molecule has 5 nitrogen and oxygen atoms in total. The van der Waals surface area contributed by atoms with Gasteiger partial charge in [-0.05, 0) is 12.5 Å². The summed E-state index contributed by atoms with van der Waals surface area (Å²) in [6.45, 7) is 2.64. The Morgan fingerprint density at radius 2 is 2.29 bits per heavy atom. The van der Waals surface area contributed by atoms with Gasteiger partial charge >= 0.3 is 0 Å². The molecule has 2 aromatic heterocycles. The second kappa shape index (κ2) is 5.83.